The summed E-state index contributed by atoms with van der Waals surface area (Å²) in [6.07, 6.45) is 3.24. The molecule has 0 aliphatic rings. The molecule has 0 spiro atoms. The van der Waals surface area contributed by atoms with Gasteiger partial charge in [0.1, 0.15) is 17.7 Å². The summed E-state index contributed by atoms with van der Waals surface area (Å²) in [6.45, 7) is 4.56. The lowest BCUT2D eigenvalue weighted by atomic mass is 10.3. The third-order valence-electron chi connectivity index (χ3n) is 2.17. The average molecular weight is 237 g/mol. The second-order valence-electron chi connectivity index (χ2n) is 3.92. The third-order valence-corrected chi connectivity index (χ3v) is 2.17. The minimum absolute atomic E-state index is 0.000605. The van der Waals surface area contributed by atoms with Crippen LogP contribution in [-0.4, -0.2) is 47.5 Å². The molecular formula is C11H19N5O. The Bertz CT molecular complexity index is 380. The molecule has 1 unspecified atom stereocenters. The molecule has 1 amide bonds. The number of aromatic nitrogens is 2. The van der Waals surface area contributed by atoms with E-state index in [-0.39, 0.29) is 11.9 Å². The van der Waals surface area contributed by atoms with Crippen molar-refractivity contribution < 1.29 is 4.79 Å². The van der Waals surface area contributed by atoms with E-state index in [1.807, 2.05) is 6.92 Å². The lowest BCUT2D eigenvalue weighted by molar-refractivity contribution is -0.129. The molecule has 0 aromatic carbocycles. The van der Waals surface area contributed by atoms with Crippen LogP contribution in [0.3, 0.4) is 0 Å². The van der Waals surface area contributed by atoms with Gasteiger partial charge in [0.25, 0.3) is 0 Å². The Morgan fingerprint density at radius 1 is 1.41 bits per heavy atom. The van der Waals surface area contributed by atoms with Crippen molar-refractivity contribution in [2.24, 2.45) is 0 Å². The van der Waals surface area contributed by atoms with Crippen LogP contribution in [0.2, 0.25) is 0 Å². The number of nitrogens with zero attached hydrogens (tertiary/aromatic N) is 3. The van der Waals surface area contributed by atoms with E-state index in [0.717, 1.165) is 6.54 Å². The van der Waals surface area contributed by atoms with Gasteiger partial charge in [0.2, 0.25) is 5.91 Å². The predicted octanol–water partition coefficient (Wildman–Crippen LogP) is 0.797. The average Bonchev–Trinajstić information content (AvgIpc) is 2.28. The first kappa shape index (κ1) is 13.2. The van der Waals surface area contributed by atoms with Gasteiger partial charge >= 0.3 is 0 Å². The fourth-order valence-corrected chi connectivity index (χ4v) is 1.37. The zero-order chi connectivity index (χ0) is 12.8. The second-order valence-corrected chi connectivity index (χ2v) is 3.92. The Morgan fingerprint density at radius 3 is 2.65 bits per heavy atom. The van der Waals surface area contributed by atoms with Crippen LogP contribution in [0.4, 0.5) is 11.6 Å². The van der Waals surface area contributed by atoms with E-state index < -0.39 is 0 Å². The van der Waals surface area contributed by atoms with Crippen LogP contribution in [0.15, 0.2) is 12.4 Å². The molecule has 0 radical (unpaired) electrons. The largest absolute Gasteiger partial charge is 0.369 e. The van der Waals surface area contributed by atoms with E-state index in [4.69, 9.17) is 0 Å². The van der Waals surface area contributed by atoms with Crippen molar-refractivity contribution in [3.63, 3.8) is 0 Å². The molecule has 6 heteroatoms. The molecule has 0 aliphatic carbocycles. The summed E-state index contributed by atoms with van der Waals surface area (Å²) >= 11 is 0. The number of hydrogen-bond acceptors (Lipinski definition) is 5. The standard InChI is InChI=1S/C11H19N5O/c1-5-13-9-6-12-7-10(15-9)14-8(2)11(17)16(3)4/h6-8H,5H2,1-4H3,(H2,13,14,15). The summed E-state index contributed by atoms with van der Waals surface area (Å²) in [5.41, 5.74) is 0. The van der Waals surface area contributed by atoms with Crippen molar-refractivity contribution >= 4 is 17.5 Å². The van der Waals surface area contributed by atoms with E-state index in [1.54, 1.807) is 38.3 Å². The van der Waals surface area contributed by atoms with Gasteiger partial charge in [-0.15, -0.1) is 0 Å². The fraction of sp³-hybridized carbons (Fsp3) is 0.545. The van der Waals surface area contributed by atoms with Gasteiger partial charge in [0, 0.05) is 20.6 Å². The highest BCUT2D eigenvalue weighted by Crippen LogP contribution is 2.08. The molecule has 1 rings (SSSR count). The minimum Gasteiger partial charge on any atom is -0.369 e. The van der Waals surface area contributed by atoms with Gasteiger partial charge in [-0.25, -0.2) is 4.98 Å². The van der Waals surface area contributed by atoms with Crippen LogP contribution in [0.5, 0.6) is 0 Å². The molecule has 1 aromatic rings. The lowest BCUT2D eigenvalue weighted by Gasteiger charge is -2.18. The highest BCUT2D eigenvalue weighted by atomic mass is 16.2. The van der Waals surface area contributed by atoms with Crippen LogP contribution >= 0.6 is 0 Å². The molecule has 0 saturated heterocycles. The molecule has 0 fully saturated rings. The SMILES string of the molecule is CCNc1cncc(NC(C)C(=O)N(C)C)n1. The molecule has 1 atom stereocenters. The molecule has 0 saturated carbocycles. The van der Waals surface area contributed by atoms with Gasteiger partial charge < -0.3 is 15.5 Å². The number of rotatable bonds is 5. The molecule has 0 bridgehead atoms. The van der Waals surface area contributed by atoms with Gasteiger partial charge in [0.15, 0.2) is 0 Å². The highest BCUT2D eigenvalue weighted by Gasteiger charge is 2.14. The first-order chi connectivity index (χ1) is 8.04. The van der Waals surface area contributed by atoms with Crippen molar-refractivity contribution in [2.75, 3.05) is 31.3 Å². The van der Waals surface area contributed by atoms with Gasteiger partial charge in [0.05, 0.1) is 12.4 Å². The molecule has 94 valence electrons. The summed E-state index contributed by atoms with van der Waals surface area (Å²) < 4.78 is 0. The van der Waals surface area contributed by atoms with Crippen LogP contribution in [-0.2, 0) is 4.79 Å². The van der Waals surface area contributed by atoms with Crippen LogP contribution in [0.1, 0.15) is 13.8 Å². The Labute approximate surface area is 101 Å². The number of carbonyl (C=O) groups excluding carboxylic acids is 1. The Morgan fingerprint density at radius 2 is 2.06 bits per heavy atom. The van der Waals surface area contributed by atoms with Crippen LogP contribution in [0, 0.1) is 0 Å². The summed E-state index contributed by atoms with van der Waals surface area (Å²) in [5.74, 6) is 1.29. The number of hydrogen-bond donors (Lipinski definition) is 2. The maximum Gasteiger partial charge on any atom is 0.244 e. The maximum atomic E-state index is 11.7. The summed E-state index contributed by atoms with van der Waals surface area (Å²) in [7, 11) is 3.45. The maximum absolute atomic E-state index is 11.7. The highest BCUT2D eigenvalue weighted by molar-refractivity contribution is 5.83. The third kappa shape index (κ3) is 3.90. The Kier molecular flexibility index (Phi) is 4.68. The second kappa shape index (κ2) is 6.03. The van der Waals surface area contributed by atoms with E-state index >= 15 is 0 Å². The normalized spacial score (nSPS) is 11.8. The molecule has 0 aliphatic heterocycles. The van der Waals surface area contributed by atoms with Gasteiger partial charge in [-0.1, -0.05) is 0 Å². The fourth-order valence-electron chi connectivity index (χ4n) is 1.37. The Hall–Kier alpha value is -1.85. The molecular weight excluding hydrogens is 218 g/mol. The molecule has 1 heterocycles. The number of anilines is 2. The summed E-state index contributed by atoms with van der Waals surface area (Å²) in [6, 6.07) is -0.323. The Balaban J connectivity index is 2.68. The van der Waals surface area contributed by atoms with Crippen molar-refractivity contribution in [1.82, 2.24) is 14.9 Å². The minimum atomic E-state index is -0.323. The van der Waals surface area contributed by atoms with E-state index in [2.05, 4.69) is 20.6 Å². The topological polar surface area (TPSA) is 70.2 Å². The number of nitrogens with one attached hydrogen (secondary N) is 2. The number of likely N-dealkylation sites (N-methyl/N-ethyl adjacent to an activating group) is 1. The van der Waals surface area contributed by atoms with Gasteiger partial charge in [-0.2, -0.15) is 0 Å². The van der Waals surface area contributed by atoms with Crippen LogP contribution in [0.25, 0.3) is 0 Å². The monoisotopic (exact) mass is 237 g/mol. The molecule has 1 aromatic heterocycles. The van der Waals surface area contributed by atoms with E-state index in [1.165, 1.54) is 0 Å². The smallest absolute Gasteiger partial charge is 0.244 e. The number of carbonyl (C=O) groups is 1. The first-order valence-corrected chi connectivity index (χ1v) is 5.58. The van der Waals surface area contributed by atoms with Crippen molar-refractivity contribution in [1.29, 1.82) is 0 Å². The van der Waals surface area contributed by atoms with Crippen molar-refractivity contribution in [3.05, 3.63) is 12.4 Å². The lowest BCUT2D eigenvalue weighted by Crippen LogP contribution is -2.36. The summed E-state index contributed by atoms with van der Waals surface area (Å²) in [4.78, 5) is 21.5. The van der Waals surface area contributed by atoms with Crippen LogP contribution < -0.4 is 10.6 Å². The van der Waals surface area contributed by atoms with E-state index in [9.17, 15) is 4.79 Å². The van der Waals surface area contributed by atoms with Gasteiger partial charge in [-0.05, 0) is 13.8 Å². The van der Waals surface area contributed by atoms with E-state index in [0.29, 0.717) is 11.6 Å². The summed E-state index contributed by atoms with van der Waals surface area (Å²) in [5, 5.41) is 6.08. The molecule has 6 nitrogen and oxygen atoms in total. The number of amides is 1. The van der Waals surface area contributed by atoms with Crippen molar-refractivity contribution in [2.45, 2.75) is 19.9 Å². The quantitative estimate of drug-likeness (QED) is 0.792. The van der Waals surface area contributed by atoms with Crippen molar-refractivity contribution in [3.8, 4) is 0 Å². The predicted molar refractivity (Wildman–Crippen MR) is 68.0 cm³/mol. The molecule has 17 heavy (non-hydrogen) atoms. The zero-order valence-electron chi connectivity index (χ0n) is 10.7. The van der Waals surface area contributed by atoms with Gasteiger partial charge in [-0.3, -0.25) is 9.78 Å². The molecule has 2 N–H and O–H groups in total. The zero-order valence-corrected chi connectivity index (χ0v) is 10.7. The first-order valence-electron chi connectivity index (χ1n) is 5.58.